The summed E-state index contributed by atoms with van der Waals surface area (Å²) in [6, 6.07) is 0. The second kappa shape index (κ2) is 3.97. The molecule has 16 heavy (non-hydrogen) atoms. The maximum absolute atomic E-state index is 11.2. The van der Waals surface area contributed by atoms with E-state index < -0.39 is 9.05 Å². The molecule has 1 aromatic rings. The highest BCUT2D eigenvalue weighted by atomic mass is 35.7. The lowest BCUT2D eigenvalue weighted by atomic mass is 10.1. The van der Waals surface area contributed by atoms with Crippen molar-refractivity contribution in [2.45, 2.75) is 30.5 Å². The highest BCUT2D eigenvalue weighted by Gasteiger charge is 2.30. The van der Waals surface area contributed by atoms with Gasteiger partial charge >= 0.3 is 0 Å². The Labute approximate surface area is 98.0 Å². The maximum Gasteiger partial charge on any atom is 0.296 e. The Morgan fingerprint density at radius 3 is 2.62 bits per heavy atom. The van der Waals surface area contributed by atoms with Crippen molar-refractivity contribution >= 4 is 19.7 Å². The van der Waals surface area contributed by atoms with Crippen molar-refractivity contribution in [3.63, 3.8) is 0 Å². The molecule has 0 N–H and O–H groups in total. The molecule has 0 amide bonds. The van der Waals surface area contributed by atoms with Crippen LogP contribution in [-0.4, -0.2) is 35.9 Å². The first-order valence-corrected chi connectivity index (χ1v) is 7.16. The number of aromatic nitrogens is 3. The van der Waals surface area contributed by atoms with Gasteiger partial charge in [0.2, 0.25) is 0 Å². The van der Waals surface area contributed by atoms with Crippen molar-refractivity contribution < 1.29 is 13.2 Å². The summed E-state index contributed by atoms with van der Waals surface area (Å²) < 4.78 is 29.1. The summed E-state index contributed by atoms with van der Waals surface area (Å²) in [5, 5.41) is 7.24. The smallest absolute Gasteiger partial charge is 0.296 e. The molecule has 2 unspecified atom stereocenters. The Hall–Kier alpha value is -0.660. The fourth-order valence-electron chi connectivity index (χ4n) is 1.89. The minimum Gasteiger partial charge on any atom is -0.378 e. The van der Waals surface area contributed by atoms with E-state index >= 15 is 0 Å². The van der Waals surface area contributed by atoms with Crippen LogP contribution in [0.25, 0.3) is 0 Å². The Balaban J connectivity index is 2.34. The van der Waals surface area contributed by atoms with Gasteiger partial charge in [0.15, 0.2) is 0 Å². The van der Waals surface area contributed by atoms with Gasteiger partial charge in [-0.2, -0.15) is 0 Å². The van der Waals surface area contributed by atoms with E-state index in [-0.39, 0.29) is 17.2 Å². The standard InChI is InChI=1S/C8H12ClN3O3S/c1-5-3-6(4-15-5)7-10-11-8(12(7)2)16(9,13)14/h5-6H,3-4H2,1-2H3. The molecule has 1 fully saturated rings. The molecule has 0 saturated carbocycles. The number of hydrogen-bond donors (Lipinski definition) is 0. The third-order valence-corrected chi connectivity index (χ3v) is 3.86. The third kappa shape index (κ3) is 2.07. The lowest BCUT2D eigenvalue weighted by molar-refractivity contribution is 0.123. The molecule has 2 rings (SSSR count). The number of nitrogens with zero attached hydrogens (tertiary/aromatic N) is 3. The predicted octanol–water partition coefficient (Wildman–Crippen LogP) is 0.635. The van der Waals surface area contributed by atoms with Crippen LogP contribution in [0.3, 0.4) is 0 Å². The fourth-order valence-corrected chi connectivity index (χ4v) is 2.85. The summed E-state index contributed by atoms with van der Waals surface area (Å²) in [4.78, 5) is 0. The fraction of sp³-hybridized carbons (Fsp3) is 0.750. The molecule has 1 aliphatic heterocycles. The Morgan fingerprint density at radius 1 is 1.50 bits per heavy atom. The molecular formula is C8H12ClN3O3S. The molecule has 0 aromatic carbocycles. The molecule has 2 heterocycles. The highest BCUT2D eigenvalue weighted by molar-refractivity contribution is 8.13. The molecule has 6 nitrogen and oxygen atoms in total. The van der Waals surface area contributed by atoms with Crippen LogP contribution >= 0.6 is 10.7 Å². The number of ether oxygens (including phenoxy) is 1. The second-order valence-electron chi connectivity index (χ2n) is 3.91. The normalized spacial score (nSPS) is 26.2. The Kier molecular flexibility index (Phi) is 2.93. The van der Waals surface area contributed by atoms with Crippen molar-refractivity contribution in [2.75, 3.05) is 6.61 Å². The topological polar surface area (TPSA) is 74.1 Å². The summed E-state index contributed by atoms with van der Waals surface area (Å²) in [5.41, 5.74) is 0. The van der Waals surface area contributed by atoms with Gasteiger partial charge in [-0.1, -0.05) is 0 Å². The zero-order valence-electron chi connectivity index (χ0n) is 8.92. The number of rotatable bonds is 2. The van der Waals surface area contributed by atoms with Gasteiger partial charge in [-0.3, -0.25) is 0 Å². The summed E-state index contributed by atoms with van der Waals surface area (Å²) in [5.74, 6) is 0.684. The molecule has 0 radical (unpaired) electrons. The summed E-state index contributed by atoms with van der Waals surface area (Å²) >= 11 is 0. The Bertz CT molecular complexity index is 499. The van der Waals surface area contributed by atoms with E-state index in [0.717, 1.165) is 6.42 Å². The molecule has 0 bridgehead atoms. The van der Waals surface area contributed by atoms with E-state index in [0.29, 0.717) is 12.4 Å². The van der Waals surface area contributed by atoms with Gasteiger partial charge in [0.25, 0.3) is 14.2 Å². The third-order valence-electron chi connectivity index (χ3n) is 2.65. The van der Waals surface area contributed by atoms with E-state index in [1.807, 2.05) is 6.92 Å². The van der Waals surface area contributed by atoms with Gasteiger partial charge in [-0.15, -0.1) is 10.2 Å². The van der Waals surface area contributed by atoms with Crippen LogP contribution in [0.4, 0.5) is 0 Å². The van der Waals surface area contributed by atoms with Crippen LogP contribution < -0.4 is 0 Å². The van der Waals surface area contributed by atoms with Gasteiger partial charge in [0.05, 0.1) is 12.7 Å². The van der Waals surface area contributed by atoms with Gasteiger partial charge in [0, 0.05) is 23.6 Å². The zero-order valence-corrected chi connectivity index (χ0v) is 10.5. The second-order valence-corrected chi connectivity index (χ2v) is 6.37. The van der Waals surface area contributed by atoms with E-state index in [9.17, 15) is 8.42 Å². The average molecular weight is 266 g/mol. The van der Waals surface area contributed by atoms with Crippen LogP contribution in [0.2, 0.25) is 0 Å². The molecular weight excluding hydrogens is 254 g/mol. The molecule has 0 spiro atoms. The highest BCUT2D eigenvalue weighted by Crippen LogP contribution is 2.28. The minimum atomic E-state index is -3.83. The van der Waals surface area contributed by atoms with Crippen LogP contribution in [0.5, 0.6) is 0 Å². The lowest BCUT2D eigenvalue weighted by Gasteiger charge is -2.06. The molecule has 2 atom stereocenters. The molecule has 1 saturated heterocycles. The molecule has 1 aliphatic rings. The van der Waals surface area contributed by atoms with Gasteiger partial charge in [-0.05, 0) is 13.3 Å². The lowest BCUT2D eigenvalue weighted by Crippen LogP contribution is -2.09. The first kappa shape index (κ1) is 11.8. The van der Waals surface area contributed by atoms with Crippen molar-refractivity contribution in [1.29, 1.82) is 0 Å². The summed E-state index contributed by atoms with van der Waals surface area (Å²) in [6.07, 6.45) is 0.978. The molecule has 90 valence electrons. The van der Waals surface area contributed by atoms with Crippen molar-refractivity contribution in [2.24, 2.45) is 7.05 Å². The van der Waals surface area contributed by atoms with Gasteiger partial charge < -0.3 is 9.30 Å². The average Bonchev–Trinajstić information content (AvgIpc) is 2.70. The van der Waals surface area contributed by atoms with Crippen molar-refractivity contribution in [3.05, 3.63) is 5.82 Å². The zero-order chi connectivity index (χ0) is 11.9. The van der Waals surface area contributed by atoms with Crippen LogP contribution in [0, 0.1) is 0 Å². The first-order valence-electron chi connectivity index (χ1n) is 4.85. The Morgan fingerprint density at radius 2 is 2.19 bits per heavy atom. The SMILES string of the molecule is CC1CC(c2nnc(S(=O)(=O)Cl)n2C)CO1. The van der Waals surface area contributed by atoms with E-state index in [1.54, 1.807) is 7.05 Å². The molecule has 8 heteroatoms. The maximum atomic E-state index is 11.2. The van der Waals surface area contributed by atoms with Gasteiger partial charge in [-0.25, -0.2) is 8.42 Å². The van der Waals surface area contributed by atoms with Crippen molar-refractivity contribution in [3.8, 4) is 0 Å². The van der Waals surface area contributed by atoms with E-state index in [1.165, 1.54) is 4.57 Å². The van der Waals surface area contributed by atoms with Gasteiger partial charge in [0.1, 0.15) is 5.82 Å². The molecule has 0 aliphatic carbocycles. The first-order chi connectivity index (χ1) is 7.39. The summed E-state index contributed by atoms with van der Waals surface area (Å²) in [7, 11) is 2.99. The quantitative estimate of drug-likeness (QED) is 0.734. The number of hydrogen-bond acceptors (Lipinski definition) is 5. The predicted molar refractivity (Wildman–Crippen MR) is 56.8 cm³/mol. The minimum absolute atomic E-state index is 0.0830. The number of halogens is 1. The molecule has 1 aromatic heterocycles. The summed E-state index contributed by atoms with van der Waals surface area (Å²) in [6.45, 7) is 2.51. The van der Waals surface area contributed by atoms with E-state index in [4.69, 9.17) is 15.4 Å². The van der Waals surface area contributed by atoms with Crippen LogP contribution in [-0.2, 0) is 20.8 Å². The van der Waals surface area contributed by atoms with Crippen LogP contribution in [0.15, 0.2) is 5.16 Å². The largest absolute Gasteiger partial charge is 0.378 e. The van der Waals surface area contributed by atoms with Crippen LogP contribution in [0.1, 0.15) is 25.1 Å². The monoisotopic (exact) mass is 265 g/mol. The van der Waals surface area contributed by atoms with E-state index in [2.05, 4.69) is 10.2 Å². The van der Waals surface area contributed by atoms with Crippen molar-refractivity contribution in [1.82, 2.24) is 14.8 Å².